The fourth-order valence-electron chi connectivity index (χ4n) is 3.08. The molecule has 0 atom stereocenters. The lowest BCUT2D eigenvalue weighted by molar-refractivity contribution is -0.207. The van der Waals surface area contributed by atoms with Gasteiger partial charge in [0.1, 0.15) is 0 Å². The molecule has 0 aromatic heterocycles. The van der Waals surface area contributed by atoms with E-state index in [4.69, 9.17) is 0 Å². The molecular weight excluding hydrogens is 251 g/mol. The van der Waals surface area contributed by atoms with Crippen molar-refractivity contribution in [3.63, 3.8) is 0 Å². The summed E-state index contributed by atoms with van der Waals surface area (Å²) in [4.78, 5) is 0. The first-order valence-electron chi connectivity index (χ1n) is 7.25. The van der Waals surface area contributed by atoms with E-state index in [2.05, 4.69) is 34.6 Å². The summed E-state index contributed by atoms with van der Waals surface area (Å²) < 4.78 is 0. The first-order valence-corrected chi connectivity index (χ1v) is 8.22. The fourth-order valence-corrected chi connectivity index (χ4v) is 4.50. The average Bonchev–Trinajstić information content (AvgIpc) is 2.87. The van der Waals surface area contributed by atoms with Gasteiger partial charge in [-0.15, -0.1) is 13.7 Å². The summed E-state index contributed by atoms with van der Waals surface area (Å²) in [6.07, 6.45) is 5.06. The fraction of sp³-hybridized carbons (Fsp3) is 0.588. The molecule has 0 unspecified atom stereocenters. The average molecular weight is 275 g/mol. The lowest BCUT2D eigenvalue weighted by Gasteiger charge is -2.24. The van der Waals surface area contributed by atoms with Crippen LogP contribution in [0.5, 0.6) is 0 Å². The molecule has 1 nitrogen and oxygen atoms in total. The van der Waals surface area contributed by atoms with Gasteiger partial charge in [0.2, 0.25) is 0 Å². The number of hydrogen-bond acceptors (Lipinski definition) is 1. The molecule has 0 amide bonds. The van der Waals surface area contributed by atoms with E-state index in [1.165, 1.54) is 53.5 Å². The summed E-state index contributed by atoms with van der Waals surface area (Å²) >= 11 is 0. The van der Waals surface area contributed by atoms with Gasteiger partial charge in [-0.2, -0.15) is 0 Å². The van der Waals surface area contributed by atoms with Gasteiger partial charge in [0.15, 0.2) is 0 Å². The number of rotatable bonds is 2. The number of hydrogen-bond donors (Lipinski definition) is 0. The zero-order valence-corrected chi connectivity index (χ0v) is 13.7. The summed E-state index contributed by atoms with van der Waals surface area (Å²) in [5.74, 6) is 0. The molecule has 0 saturated heterocycles. The highest BCUT2D eigenvalue weighted by molar-refractivity contribution is 7.41. The van der Waals surface area contributed by atoms with Crippen molar-refractivity contribution in [1.82, 2.24) is 0 Å². The van der Waals surface area contributed by atoms with Gasteiger partial charge in [-0.3, -0.25) is 0 Å². The van der Waals surface area contributed by atoms with E-state index in [0.29, 0.717) is 11.1 Å². The van der Waals surface area contributed by atoms with Crippen molar-refractivity contribution in [2.75, 3.05) is 0 Å². The Morgan fingerprint density at radius 2 is 1.26 bits per heavy atom. The van der Waals surface area contributed by atoms with Crippen LogP contribution in [0.2, 0.25) is 0 Å². The van der Waals surface area contributed by atoms with Gasteiger partial charge < -0.3 is 5.11 Å². The maximum Gasteiger partial charge on any atom is -0.0000723 e. The van der Waals surface area contributed by atoms with Crippen LogP contribution < -0.4 is 5.11 Å². The summed E-state index contributed by atoms with van der Waals surface area (Å²) in [6.45, 7) is 10.6. The van der Waals surface area contributed by atoms with Gasteiger partial charge in [-0.25, -0.2) is 0 Å². The van der Waals surface area contributed by atoms with Crippen molar-refractivity contribution in [2.45, 2.75) is 66.0 Å². The molecule has 1 aromatic carbocycles. The van der Waals surface area contributed by atoms with E-state index < -0.39 is 0 Å². The van der Waals surface area contributed by atoms with Crippen LogP contribution in [0, 0.1) is 34.6 Å². The third kappa shape index (κ3) is 2.78. The molecule has 0 N–H and O–H groups in total. The van der Waals surface area contributed by atoms with E-state index in [1.54, 1.807) is 0 Å². The Morgan fingerprint density at radius 3 is 1.74 bits per heavy atom. The van der Waals surface area contributed by atoms with Gasteiger partial charge in [0.25, 0.3) is 0 Å². The Balaban J connectivity index is 2.49. The largest absolute Gasteiger partial charge is 0.824 e. The molecule has 2 rings (SSSR count). The van der Waals surface area contributed by atoms with Crippen LogP contribution in [0.15, 0.2) is 0 Å². The summed E-state index contributed by atoms with van der Waals surface area (Å²) in [6, 6.07) is 0. The highest BCUT2D eigenvalue weighted by atomic mass is 31.1. The molecule has 1 saturated carbocycles. The predicted octanol–water partition coefficient (Wildman–Crippen LogP) is 3.96. The monoisotopic (exact) mass is 275 g/mol. The molecule has 19 heavy (non-hydrogen) atoms. The molecule has 1 fully saturated rings. The Bertz CT molecular complexity index is 494. The summed E-state index contributed by atoms with van der Waals surface area (Å²) in [5, 5.41) is 12.6. The lowest BCUT2D eigenvalue weighted by atomic mass is 9.90. The van der Waals surface area contributed by atoms with E-state index in [-0.39, 0.29) is 0 Å². The van der Waals surface area contributed by atoms with Crippen molar-refractivity contribution in [1.29, 1.82) is 0 Å². The van der Waals surface area contributed by atoms with E-state index in [1.807, 2.05) is 0 Å². The van der Waals surface area contributed by atoms with Gasteiger partial charge in [-0.1, -0.05) is 12.8 Å². The minimum Gasteiger partial charge on any atom is -0.824 e. The van der Waals surface area contributed by atoms with Crippen LogP contribution in [0.3, 0.4) is 0 Å². The molecule has 0 spiro atoms. The molecule has 104 valence electrons. The van der Waals surface area contributed by atoms with E-state index >= 15 is 0 Å². The second-order valence-electron chi connectivity index (χ2n) is 5.87. The Labute approximate surface area is 118 Å². The molecule has 2 heteroatoms. The molecule has 0 bridgehead atoms. The Hall–Kier alpha value is -0.650. The first-order chi connectivity index (χ1) is 8.93. The van der Waals surface area contributed by atoms with E-state index in [0.717, 1.165) is 13.8 Å². The highest BCUT2D eigenvalue weighted by Crippen LogP contribution is 2.32. The van der Waals surface area contributed by atoms with Crippen LogP contribution in [0.1, 0.15) is 59.1 Å². The zero-order valence-electron chi connectivity index (χ0n) is 12.8. The second-order valence-corrected chi connectivity index (χ2v) is 7.27. The van der Waals surface area contributed by atoms with Crippen LogP contribution in [-0.2, 0) is 0 Å². The van der Waals surface area contributed by atoms with Crippen molar-refractivity contribution in [3.05, 3.63) is 33.4 Å². The van der Waals surface area contributed by atoms with Crippen molar-refractivity contribution in [2.24, 2.45) is 0 Å². The first kappa shape index (κ1) is 14.8. The summed E-state index contributed by atoms with van der Waals surface area (Å²) in [7, 11) is 1.03. The SMILES string of the molecule is Cc1c(C)c(C)c(C([O-])=PC2CCCC2)c(C)c1C. The quantitative estimate of drug-likeness (QED) is 0.749. The standard InChI is InChI=1S/C17H25OP/c1-10-11(2)13(4)16(14(5)12(10)3)17(18)19-15-8-6-7-9-15/h15,18H,6-9H2,1-5H3/p-1. The molecule has 0 radical (unpaired) electrons. The molecule has 1 aliphatic carbocycles. The number of benzene rings is 1. The highest BCUT2D eigenvalue weighted by Gasteiger charge is 2.15. The smallest absolute Gasteiger partial charge is 0.0000723 e. The molecule has 0 aliphatic heterocycles. The van der Waals surface area contributed by atoms with Crippen molar-refractivity contribution in [3.8, 4) is 0 Å². The zero-order chi connectivity index (χ0) is 14.2. The summed E-state index contributed by atoms with van der Waals surface area (Å²) in [5.41, 5.74) is 8.23. The maximum atomic E-state index is 12.6. The minimum absolute atomic E-state index is 0.341. The van der Waals surface area contributed by atoms with Crippen LogP contribution in [0.25, 0.3) is 0 Å². The third-order valence-electron chi connectivity index (χ3n) is 4.84. The molecule has 1 aliphatic rings. The lowest BCUT2D eigenvalue weighted by Crippen LogP contribution is -2.21. The second kappa shape index (κ2) is 5.77. The maximum absolute atomic E-state index is 12.6. The van der Waals surface area contributed by atoms with Gasteiger partial charge >= 0.3 is 0 Å². The topological polar surface area (TPSA) is 23.1 Å². The third-order valence-corrected chi connectivity index (χ3v) is 6.18. The predicted molar refractivity (Wildman–Crippen MR) is 83.4 cm³/mol. The Morgan fingerprint density at radius 1 is 0.842 bits per heavy atom. The van der Waals surface area contributed by atoms with Crippen LogP contribution >= 0.6 is 8.20 Å². The van der Waals surface area contributed by atoms with Crippen molar-refractivity contribution >= 4 is 13.7 Å². The van der Waals surface area contributed by atoms with Gasteiger partial charge in [0.05, 0.1) is 0 Å². The molecule has 1 aromatic rings. The van der Waals surface area contributed by atoms with Crippen LogP contribution in [-0.4, -0.2) is 11.1 Å². The van der Waals surface area contributed by atoms with Crippen LogP contribution in [0.4, 0.5) is 0 Å². The van der Waals surface area contributed by atoms with Gasteiger partial charge in [0, 0.05) is 0 Å². The minimum atomic E-state index is 0.341. The van der Waals surface area contributed by atoms with Gasteiger partial charge in [-0.05, 0) is 86.5 Å². The molecular formula is C17H24OP-. The van der Waals surface area contributed by atoms with E-state index in [9.17, 15) is 5.11 Å². The Kier molecular flexibility index (Phi) is 4.48. The normalized spacial score (nSPS) is 17.3. The van der Waals surface area contributed by atoms with Crippen molar-refractivity contribution < 1.29 is 5.11 Å². The molecule has 0 heterocycles.